The largest absolute Gasteiger partial charge is 0.462 e. The molecule has 6 heteroatoms. The van der Waals surface area contributed by atoms with Gasteiger partial charge in [-0.3, -0.25) is 9.59 Å². The maximum atomic E-state index is 12.9. The summed E-state index contributed by atoms with van der Waals surface area (Å²) >= 11 is 0. The average molecular weight is 356 g/mol. The molecule has 0 unspecified atom stereocenters. The van der Waals surface area contributed by atoms with Crippen LogP contribution in [0.2, 0.25) is 0 Å². The molecule has 0 bridgehead atoms. The van der Waals surface area contributed by atoms with E-state index >= 15 is 0 Å². The minimum Gasteiger partial charge on any atom is -0.462 e. The molecule has 0 aliphatic heterocycles. The van der Waals surface area contributed by atoms with Crippen LogP contribution in [0.15, 0.2) is 30.3 Å². The predicted molar refractivity (Wildman–Crippen MR) is 99.2 cm³/mol. The molecule has 0 spiro atoms. The highest BCUT2D eigenvalue weighted by Crippen LogP contribution is 2.31. The zero-order valence-corrected chi connectivity index (χ0v) is 15.6. The lowest BCUT2D eigenvalue weighted by Crippen LogP contribution is -2.36. The van der Waals surface area contributed by atoms with Crippen molar-refractivity contribution in [2.45, 2.75) is 27.7 Å². The Hall–Kier alpha value is -2.89. The van der Waals surface area contributed by atoms with E-state index in [-0.39, 0.29) is 17.9 Å². The topological polar surface area (TPSA) is 79.5 Å². The van der Waals surface area contributed by atoms with E-state index in [0.717, 1.165) is 0 Å². The van der Waals surface area contributed by atoms with Gasteiger partial charge in [0, 0.05) is 24.3 Å². The first-order valence-electron chi connectivity index (χ1n) is 8.74. The second-order valence-corrected chi connectivity index (χ2v) is 5.77. The number of ketones is 1. The normalized spacial score (nSPS) is 10.5. The minimum atomic E-state index is -0.661. The summed E-state index contributed by atoms with van der Waals surface area (Å²) < 4.78 is 5.15. The van der Waals surface area contributed by atoms with Crippen molar-refractivity contribution >= 4 is 17.7 Å². The summed E-state index contributed by atoms with van der Waals surface area (Å²) in [6, 6.07) is 9.06. The highest BCUT2D eigenvalue weighted by atomic mass is 16.5. The first kappa shape index (κ1) is 19.4. The lowest BCUT2D eigenvalue weighted by molar-refractivity contribution is -0.126. The summed E-state index contributed by atoms with van der Waals surface area (Å²) in [5.41, 5.74) is 1.99. The molecule has 1 aromatic heterocycles. The molecule has 1 heterocycles. The van der Waals surface area contributed by atoms with Gasteiger partial charge in [-0.2, -0.15) is 0 Å². The molecule has 1 aromatic carbocycles. The van der Waals surface area contributed by atoms with Crippen LogP contribution in [0.1, 0.15) is 47.3 Å². The van der Waals surface area contributed by atoms with Gasteiger partial charge in [-0.1, -0.05) is 30.3 Å². The van der Waals surface area contributed by atoms with Gasteiger partial charge in [-0.15, -0.1) is 0 Å². The van der Waals surface area contributed by atoms with Gasteiger partial charge in [0.15, 0.2) is 0 Å². The Morgan fingerprint density at radius 3 is 2.19 bits per heavy atom. The number of aromatic amines is 1. The van der Waals surface area contributed by atoms with Gasteiger partial charge >= 0.3 is 5.97 Å². The van der Waals surface area contributed by atoms with Crippen LogP contribution in [0.25, 0.3) is 11.1 Å². The van der Waals surface area contributed by atoms with Crippen molar-refractivity contribution in [1.29, 1.82) is 0 Å². The Morgan fingerprint density at radius 2 is 1.65 bits per heavy atom. The van der Waals surface area contributed by atoms with Crippen LogP contribution in [-0.4, -0.2) is 47.2 Å². The van der Waals surface area contributed by atoms with Crippen molar-refractivity contribution in [1.82, 2.24) is 9.88 Å². The Morgan fingerprint density at radius 1 is 1.04 bits per heavy atom. The highest BCUT2D eigenvalue weighted by molar-refractivity contribution is 6.43. The van der Waals surface area contributed by atoms with Gasteiger partial charge in [0.1, 0.15) is 5.69 Å². The zero-order chi connectivity index (χ0) is 19.3. The van der Waals surface area contributed by atoms with Crippen molar-refractivity contribution < 1.29 is 19.1 Å². The molecular weight excluding hydrogens is 332 g/mol. The van der Waals surface area contributed by atoms with Crippen molar-refractivity contribution in [3.8, 4) is 11.1 Å². The second kappa shape index (κ2) is 8.47. The molecule has 0 aliphatic carbocycles. The molecule has 1 N–H and O–H groups in total. The fourth-order valence-electron chi connectivity index (χ4n) is 2.91. The van der Waals surface area contributed by atoms with Crippen LogP contribution in [0, 0.1) is 6.92 Å². The third-order valence-corrected chi connectivity index (χ3v) is 4.20. The van der Waals surface area contributed by atoms with Crippen LogP contribution in [0.4, 0.5) is 0 Å². The van der Waals surface area contributed by atoms with Crippen molar-refractivity contribution in [2.75, 3.05) is 19.7 Å². The average Bonchev–Trinajstić information content (AvgIpc) is 3.00. The summed E-state index contributed by atoms with van der Waals surface area (Å²) in [6.07, 6.45) is 0. The lowest BCUT2D eigenvalue weighted by Gasteiger charge is -2.17. The van der Waals surface area contributed by atoms with E-state index in [4.69, 9.17) is 4.74 Å². The number of hydrogen-bond donors (Lipinski definition) is 1. The number of H-pyrrole nitrogens is 1. The third-order valence-electron chi connectivity index (χ3n) is 4.20. The number of Topliss-reactive ketones (excluding diaryl/α,β-unsaturated/α-hetero) is 1. The summed E-state index contributed by atoms with van der Waals surface area (Å²) in [7, 11) is 0. The maximum absolute atomic E-state index is 12.9. The standard InChI is InChI=1S/C20H24N2O4/c1-5-22(6-2)19(24)18(23)17-16(14-11-9-8-10-12-14)15(13(4)21-17)20(25)26-7-3/h8-12,21H,5-7H2,1-4H3. The van der Waals surface area contributed by atoms with Gasteiger partial charge in [-0.25, -0.2) is 4.79 Å². The molecule has 0 saturated heterocycles. The number of benzene rings is 1. The molecule has 0 radical (unpaired) electrons. The van der Waals surface area contributed by atoms with Gasteiger partial charge in [0.2, 0.25) is 0 Å². The van der Waals surface area contributed by atoms with Crippen molar-refractivity contribution in [3.05, 3.63) is 47.3 Å². The van der Waals surface area contributed by atoms with Gasteiger partial charge in [-0.05, 0) is 33.3 Å². The molecule has 0 aliphatic rings. The minimum absolute atomic E-state index is 0.119. The molecule has 0 fully saturated rings. The molecular formula is C20H24N2O4. The Kier molecular flexibility index (Phi) is 6.33. The number of hydrogen-bond acceptors (Lipinski definition) is 4. The smallest absolute Gasteiger partial charge is 0.340 e. The Balaban J connectivity index is 2.63. The van der Waals surface area contributed by atoms with Crippen molar-refractivity contribution in [3.63, 3.8) is 0 Å². The second-order valence-electron chi connectivity index (χ2n) is 5.77. The molecule has 0 atom stereocenters. The van der Waals surface area contributed by atoms with Gasteiger partial charge < -0.3 is 14.6 Å². The highest BCUT2D eigenvalue weighted by Gasteiger charge is 2.31. The number of amides is 1. The number of rotatable bonds is 7. The van der Waals surface area contributed by atoms with Crippen LogP contribution >= 0.6 is 0 Å². The number of nitrogens with zero attached hydrogens (tertiary/aromatic N) is 1. The van der Waals surface area contributed by atoms with Crippen molar-refractivity contribution in [2.24, 2.45) is 0 Å². The fourth-order valence-corrected chi connectivity index (χ4v) is 2.91. The first-order valence-corrected chi connectivity index (χ1v) is 8.74. The lowest BCUT2D eigenvalue weighted by atomic mass is 9.98. The van der Waals surface area contributed by atoms with Gasteiger partial charge in [0.25, 0.3) is 11.7 Å². The van der Waals surface area contributed by atoms with Crippen LogP contribution in [0.3, 0.4) is 0 Å². The number of esters is 1. The summed E-state index contributed by atoms with van der Waals surface area (Å²) in [6.45, 7) is 8.14. The molecule has 138 valence electrons. The zero-order valence-electron chi connectivity index (χ0n) is 15.6. The van der Waals surface area contributed by atoms with Crippen LogP contribution < -0.4 is 0 Å². The molecule has 26 heavy (non-hydrogen) atoms. The van der Waals surface area contributed by atoms with E-state index in [1.54, 1.807) is 26.0 Å². The number of aromatic nitrogens is 1. The predicted octanol–water partition coefficient (Wildman–Crippen LogP) is 3.22. The van der Waals surface area contributed by atoms with E-state index in [1.807, 2.05) is 32.0 Å². The quantitative estimate of drug-likeness (QED) is 0.469. The van der Waals surface area contributed by atoms with Crippen LogP contribution in [0.5, 0.6) is 0 Å². The Labute approximate surface area is 153 Å². The number of ether oxygens (including phenoxy) is 1. The summed E-state index contributed by atoms with van der Waals surface area (Å²) in [5.74, 6) is -1.77. The SMILES string of the molecule is CCOC(=O)c1c(C)[nH]c(C(=O)C(=O)N(CC)CC)c1-c1ccccc1. The number of carbonyl (C=O) groups is 3. The monoisotopic (exact) mass is 356 g/mol. The fraction of sp³-hybridized carbons (Fsp3) is 0.350. The number of carbonyl (C=O) groups excluding carboxylic acids is 3. The van der Waals surface area contributed by atoms with E-state index in [0.29, 0.717) is 29.9 Å². The molecule has 2 rings (SSSR count). The Bertz CT molecular complexity index is 805. The van der Waals surface area contributed by atoms with E-state index in [1.165, 1.54) is 4.90 Å². The summed E-state index contributed by atoms with van der Waals surface area (Å²) in [5, 5.41) is 0. The number of likely N-dealkylation sites (N-methyl/N-ethyl adjacent to an activating group) is 1. The molecule has 2 aromatic rings. The third kappa shape index (κ3) is 3.69. The van der Waals surface area contributed by atoms with E-state index < -0.39 is 17.7 Å². The summed E-state index contributed by atoms with van der Waals surface area (Å²) in [4.78, 5) is 42.3. The molecule has 6 nitrogen and oxygen atoms in total. The van der Waals surface area contributed by atoms with Gasteiger partial charge in [0.05, 0.1) is 12.2 Å². The number of aryl methyl sites for hydroxylation is 1. The number of nitrogens with one attached hydrogen (secondary N) is 1. The maximum Gasteiger partial charge on any atom is 0.340 e. The molecule has 0 saturated carbocycles. The van der Waals surface area contributed by atoms with E-state index in [9.17, 15) is 14.4 Å². The van der Waals surface area contributed by atoms with Crippen LogP contribution in [-0.2, 0) is 9.53 Å². The van der Waals surface area contributed by atoms with E-state index in [2.05, 4.69) is 4.98 Å². The molecule has 1 amide bonds. The first-order chi connectivity index (χ1) is 12.5.